The number of nitrogens with two attached hydrogens (primary N) is 1. The van der Waals surface area contributed by atoms with Crippen LogP contribution in [0.1, 0.15) is 0 Å². The van der Waals surface area contributed by atoms with Crippen molar-refractivity contribution in [3.05, 3.63) is 0 Å². The summed E-state index contributed by atoms with van der Waals surface area (Å²) in [4.78, 5) is 9.85. The van der Waals surface area contributed by atoms with Crippen molar-refractivity contribution in [2.45, 2.75) is 4.83 Å². The van der Waals surface area contributed by atoms with E-state index in [2.05, 4.69) is 31.9 Å². The molecule has 0 radical (unpaired) electrons. The molecule has 0 saturated carbocycles. The zero-order valence-electron chi connectivity index (χ0n) is 3.53. The van der Waals surface area contributed by atoms with Gasteiger partial charge in [0.2, 0.25) is 5.91 Å². The van der Waals surface area contributed by atoms with Gasteiger partial charge in [-0.25, -0.2) is 0 Å². The van der Waals surface area contributed by atoms with Crippen LogP contribution in [-0.2, 0) is 4.79 Å². The van der Waals surface area contributed by atoms with Crippen molar-refractivity contribution in [1.82, 2.24) is 0 Å². The maximum Gasteiger partial charge on any atom is 0.232 e. The minimum Gasteiger partial charge on any atom is -0.369 e. The second-order valence-electron chi connectivity index (χ2n) is 1.02. The van der Waals surface area contributed by atoms with E-state index >= 15 is 0 Å². The molecular weight excluding hydrogens is 226 g/mol. The summed E-state index contributed by atoms with van der Waals surface area (Å²) in [6, 6.07) is 0. The third kappa shape index (κ3) is 3.05. The molecule has 2 N–H and O–H groups in total. The lowest BCUT2D eigenvalue weighted by Crippen LogP contribution is -2.23. The zero-order valence-corrected chi connectivity index (χ0v) is 6.70. The van der Waals surface area contributed by atoms with Gasteiger partial charge in [0, 0.05) is 5.33 Å². The predicted octanol–water partition coefficient (Wildman–Crippen LogP) is 0.630. The van der Waals surface area contributed by atoms with Gasteiger partial charge in [0.25, 0.3) is 0 Å². The quantitative estimate of drug-likeness (QED) is 0.695. The first-order valence-electron chi connectivity index (χ1n) is 1.68. The smallest absolute Gasteiger partial charge is 0.232 e. The molecule has 1 amide bonds. The number of hydrogen-bond donors (Lipinski definition) is 1. The molecule has 0 bridgehead atoms. The second-order valence-corrected chi connectivity index (χ2v) is 2.78. The van der Waals surface area contributed by atoms with Crippen molar-refractivity contribution in [2.24, 2.45) is 5.73 Å². The normalized spacial score (nSPS) is 13.4. The molecule has 0 heterocycles. The van der Waals surface area contributed by atoms with Crippen molar-refractivity contribution in [3.63, 3.8) is 0 Å². The van der Waals surface area contributed by atoms with Gasteiger partial charge in [0.15, 0.2) is 0 Å². The van der Waals surface area contributed by atoms with Crippen LogP contribution in [0.5, 0.6) is 0 Å². The third-order valence-electron chi connectivity index (χ3n) is 0.444. The Morgan fingerprint density at radius 1 is 1.86 bits per heavy atom. The molecule has 0 aliphatic rings. The topological polar surface area (TPSA) is 43.1 Å². The minimum atomic E-state index is -0.336. The lowest BCUT2D eigenvalue weighted by Gasteiger charge is -1.94. The molecule has 2 nitrogen and oxygen atoms in total. The number of carbonyl (C=O) groups is 1. The lowest BCUT2D eigenvalue weighted by molar-refractivity contribution is -0.117. The molecule has 0 aromatic carbocycles. The molecular formula is C3H5Br2NO. The molecule has 0 aromatic rings. The molecule has 0 spiro atoms. The Bertz CT molecular complexity index is 75.3. The Labute approximate surface area is 58.7 Å². The number of primary amides is 1. The first-order valence-corrected chi connectivity index (χ1v) is 3.71. The van der Waals surface area contributed by atoms with Crippen LogP contribution in [0.4, 0.5) is 0 Å². The molecule has 0 fully saturated rings. The Balaban J connectivity index is 3.34. The summed E-state index contributed by atoms with van der Waals surface area (Å²) >= 11 is 6.09. The fourth-order valence-corrected chi connectivity index (χ4v) is 0.395. The summed E-state index contributed by atoms with van der Waals surface area (Å²) in [5.74, 6) is -0.336. The van der Waals surface area contributed by atoms with E-state index in [4.69, 9.17) is 5.73 Å². The summed E-state index contributed by atoms with van der Waals surface area (Å²) in [5, 5.41) is 0.572. The molecule has 7 heavy (non-hydrogen) atoms. The first-order chi connectivity index (χ1) is 3.18. The summed E-state index contributed by atoms with van der Waals surface area (Å²) < 4.78 is 0. The Hall–Kier alpha value is 0.430. The van der Waals surface area contributed by atoms with Gasteiger partial charge < -0.3 is 5.73 Å². The standard InChI is InChI=1S/C3H5Br2NO/c4-1-2(5)3(6)7/h2H,1H2,(H2,6,7)/t2-/m0/s1. The van der Waals surface area contributed by atoms with Crippen LogP contribution in [0.3, 0.4) is 0 Å². The van der Waals surface area contributed by atoms with E-state index in [1.54, 1.807) is 0 Å². The maximum absolute atomic E-state index is 10.1. The van der Waals surface area contributed by atoms with Gasteiger partial charge in [0.1, 0.15) is 4.83 Å². The lowest BCUT2D eigenvalue weighted by atomic mass is 10.5. The van der Waals surface area contributed by atoms with Crippen LogP contribution in [0.2, 0.25) is 0 Å². The number of carbonyl (C=O) groups excluding carboxylic acids is 1. The second kappa shape index (κ2) is 3.43. The third-order valence-corrected chi connectivity index (χ3v) is 2.74. The van der Waals surface area contributed by atoms with Crippen LogP contribution in [0.25, 0.3) is 0 Å². The van der Waals surface area contributed by atoms with Crippen LogP contribution < -0.4 is 5.73 Å². The van der Waals surface area contributed by atoms with Crippen LogP contribution >= 0.6 is 31.9 Å². The van der Waals surface area contributed by atoms with Crippen LogP contribution in [-0.4, -0.2) is 16.1 Å². The van der Waals surface area contributed by atoms with Crippen molar-refractivity contribution in [2.75, 3.05) is 5.33 Å². The van der Waals surface area contributed by atoms with Crippen LogP contribution in [0.15, 0.2) is 0 Å². The number of hydrogen-bond acceptors (Lipinski definition) is 1. The number of rotatable bonds is 2. The minimum absolute atomic E-state index is 0.229. The number of amides is 1. The summed E-state index contributed by atoms with van der Waals surface area (Å²) in [5.41, 5.74) is 4.83. The Morgan fingerprint density at radius 3 is 2.29 bits per heavy atom. The van der Waals surface area contributed by atoms with E-state index in [-0.39, 0.29) is 10.7 Å². The molecule has 0 saturated heterocycles. The van der Waals surface area contributed by atoms with Gasteiger partial charge in [-0.3, -0.25) is 4.79 Å². The highest BCUT2D eigenvalue weighted by Gasteiger charge is 2.05. The molecule has 42 valence electrons. The monoisotopic (exact) mass is 229 g/mol. The fraction of sp³-hybridized carbons (Fsp3) is 0.667. The van der Waals surface area contributed by atoms with E-state index < -0.39 is 0 Å². The highest BCUT2D eigenvalue weighted by atomic mass is 79.9. The van der Waals surface area contributed by atoms with Crippen molar-refractivity contribution < 1.29 is 4.79 Å². The molecule has 0 rings (SSSR count). The number of halogens is 2. The van der Waals surface area contributed by atoms with E-state index in [0.29, 0.717) is 5.33 Å². The molecule has 0 aliphatic carbocycles. The predicted molar refractivity (Wildman–Crippen MR) is 35.7 cm³/mol. The average Bonchev–Trinajstić information content (AvgIpc) is 1.65. The van der Waals surface area contributed by atoms with E-state index in [1.165, 1.54) is 0 Å². The molecule has 0 unspecified atom stereocenters. The summed E-state index contributed by atoms with van der Waals surface area (Å²) in [6.07, 6.45) is 0. The fourth-order valence-electron chi connectivity index (χ4n) is 0.0760. The van der Waals surface area contributed by atoms with Gasteiger partial charge >= 0.3 is 0 Å². The largest absolute Gasteiger partial charge is 0.369 e. The molecule has 1 atom stereocenters. The van der Waals surface area contributed by atoms with Gasteiger partial charge in [-0.15, -0.1) is 0 Å². The summed E-state index contributed by atoms with van der Waals surface area (Å²) in [7, 11) is 0. The molecule has 4 heteroatoms. The van der Waals surface area contributed by atoms with E-state index in [1.807, 2.05) is 0 Å². The Morgan fingerprint density at radius 2 is 2.29 bits per heavy atom. The van der Waals surface area contributed by atoms with Crippen LogP contribution in [0, 0.1) is 0 Å². The summed E-state index contributed by atoms with van der Waals surface area (Å²) in [6.45, 7) is 0. The first kappa shape index (κ1) is 7.43. The van der Waals surface area contributed by atoms with Gasteiger partial charge in [-0.1, -0.05) is 31.9 Å². The van der Waals surface area contributed by atoms with E-state index in [9.17, 15) is 4.79 Å². The zero-order chi connectivity index (χ0) is 5.86. The highest BCUT2D eigenvalue weighted by Crippen LogP contribution is 2.00. The highest BCUT2D eigenvalue weighted by molar-refractivity contribution is 9.12. The van der Waals surface area contributed by atoms with Crippen molar-refractivity contribution >= 4 is 37.8 Å². The van der Waals surface area contributed by atoms with Gasteiger partial charge in [-0.2, -0.15) is 0 Å². The average molecular weight is 231 g/mol. The van der Waals surface area contributed by atoms with Gasteiger partial charge in [0.05, 0.1) is 0 Å². The van der Waals surface area contributed by atoms with Crippen molar-refractivity contribution in [1.29, 1.82) is 0 Å². The Kier molecular flexibility index (Phi) is 3.65. The van der Waals surface area contributed by atoms with E-state index in [0.717, 1.165) is 0 Å². The maximum atomic E-state index is 10.1. The SMILES string of the molecule is NC(=O)[C@@H](Br)CBr. The van der Waals surface area contributed by atoms with Gasteiger partial charge in [-0.05, 0) is 0 Å². The number of alkyl halides is 2. The molecule has 0 aliphatic heterocycles. The molecule has 0 aromatic heterocycles. The van der Waals surface area contributed by atoms with Crippen molar-refractivity contribution in [3.8, 4) is 0 Å².